The number of carbonyl (C=O) groups is 2. The Hall–Kier alpha value is -4.18. The van der Waals surface area contributed by atoms with Gasteiger partial charge in [0.1, 0.15) is 11.5 Å². The van der Waals surface area contributed by atoms with Gasteiger partial charge in [-0.2, -0.15) is 5.21 Å². The molecule has 1 atom stereocenters. The van der Waals surface area contributed by atoms with Gasteiger partial charge in [-0.25, -0.2) is 0 Å². The van der Waals surface area contributed by atoms with Crippen molar-refractivity contribution in [3.63, 3.8) is 0 Å². The van der Waals surface area contributed by atoms with E-state index in [0.717, 1.165) is 34.5 Å². The number of aldehydes is 1. The van der Waals surface area contributed by atoms with Gasteiger partial charge < -0.3 is 14.8 Å². The summed E-state index contributed by atoms with van der Waals surface area (Å²) in [5.74, 6) is 1.43. The molecular formula is C27H27N5O4S. The van der Waals surface area contributed by atoms with Crippen LogP contribution in [0.4, 0.5) is 5.69 Å². The van der Waals surface area contributed by atoms with Crippen molar-refractivity contribution < 1.29 is 19.1 Å². The van der Waals surface area contributed by atoms with Crippen molar-refractivity contribution in [2.45, 2.75) is 42.1 Å². The molecule has 1 unspecified atom stereocenters. The van der Waals surface area contributed by atoms with Crippen LogP contribution >= 0.6 is 11.8 Å². The molecular weight excluding hydrogens is 490 g/mol. The number of tetrazole rings is 1. The molecule has 0 aliphatic rings. The minimum atomic E-state index is -0.488. The summed E-state index contributed by atoms with van der Waals surface area (Å²) in [5, 5.41) is 17.3. The fraction of sp³-hybridized carbons (Fsp3) is 0.222. The first-order chi connectivity index (χ1) is 18.1. The lowest BCUT2D eigenvalue weighted by molar-refractivity contribution is -0.114. The molecule has 10 heteroatoms. The molecule has 190 valence electrons. The molecule has 0 saturated heterocycles. The smallest absolute Gasteiger partial charge is 0.255 e. The zero-order chi connectivity index (χ0) is 26.0. The number of hydrogen-bond acceptors (Lipinski definition) is 8. The first-order valence-corrected chi connectivity index (χ1v) is 12.6. The van der Waals surface area contributed by atoms with E-state index in [4.69, 9.17) is 9.47 Å². The van der Waals surface area contributed by atoms with Gasteiger partial charge in [0.05, 0.1) is 12.8 Å². The summed E-state index contributed by atoms with van der Waals surface area (Å²) in [6.07, 6.45) is 2.89. The van der Waals surface area contributed by atoms with Gasteiger partial charge in [-0.1, -0.05) is 37.2 Å². The Morgan fingerprint density at radius 2 is 1.86 bits per heavy atom. The normalized spacial score (nSPS) is 11.5. The summed E-state index contributed by atoms with van der Waals surface area (Å²) in [5.41, 5.74) is 1.90. The number of nitrogens with zero attached hydrogens (tertiary/aromatic N) is 3. The van der Waals surface area contributed by atoms with Crippen molar-refractivity contribution in [3.8, 4) is 22.9 Å². The molecule has 0 radical (unpaired) electrons. The molecule has 1 aromatic heterocycles. The van der Waals surface area contributed by atoms with Gasteiger partial charge in [0.15, 0.2) is 12.4 Å². The van der Waals surface area contributed by atoms with E-state index in [1.54, 1.807) is 31.4 Å². The predicted molar refractivity (Wildman–Crippen MR) is 141 cm³/mol. The number of benzene rings is 3. The predicted octanol–water partition coefficient (Wildman–Crippen LogP) is 5.42. The first kappa shape index (κ1) is 25.9. The quantitative estimate of drug-likeness (QED) is 0.239. The second-order valence-corrected chi connectivity index (χ2v) is 9.19. The van der Waals surface area contributed by atoms with Crippen LogP contribution in [-0.2, 0) is 4.79 Å². The molecule has 0 bridgehead atoms. The number of amides is 1. The lowest BCUT2D eigenvalue weighted by Gasteiger charge is -2.14. The molecule has 1 amide bonds. The van der Waals surface area contributed by atoms with Crippen LogP contribution in [0.15, 0.2) is 76.5 Å². The Balaban J connectivity index is 1.50. The molecule has 0 fully saturated rings. The van der Waals surface area contributed by atoms with E-state index in [0.29, 0.717) is 35.0 Å². The monoisotopic (exact) mass is 517 g/mol. The molecule has 3 aromatic carbocycles. The fourth-order valence-corrected chi connectivity index (χ4v) is 4.62. The third-order valence-electron chi connectivity index (χ3n) is 5.53. The number of methoxy groups -OCH3 is 1. The number of unbranched alkanes of at least 4 members (excludes halogenated alkanes) is 1. The maximum Gasteiger partial charge on any atom is 0.255 e. The summed E-state index contributed by atoms with van der Waals surface area (Å²) in [6, 6.07) is 19.9. The molecule has 1 heterocycles. The van der Waals surface area contributed by atoms with Gasteiger partial charge in [0, 0.05) is 20.9 Å². The molecule has 0 spiro atoms. The highest BCUT2D eigenvalue weighted by Crippen LogP contribution is 2.40. The number of carbonyl (C=O) groups excluding carboxylic acids is 2. The second kappa shape index (κ2) is 12.7. The molecule has 4 aromatic rings. The number of para-hydroxylation sites is 1. The van der Waals surface area contributed by atoms with E-state index in [2.05, 4.69) is 32.9 Å². The average molecular weight is 518 g/mol. The van der Waals surface area contributed by atoms with Gasteiger partial charge in [-0.05, 0) is 72.7 Å². The van der Waals surface area contributed by atoms with E-state index in [1.807, 2.05) is 42.5 Å². The zero-order valence-corrected chi connectivity index (χ0v) is 21.3. The van der Waals surface area contributed by atoms with E-state index >= 15 is 0 Å². The Labute approximate surface area is 219 Å². The molecule has 0 aliphatic heterocycles. The van der Waals surface area contributed by atoms with Gasteiger partial charge in [0.2, 0.25) is 5.82 Å². The highest BCUT2D eigenvalue weighted by Gasteiger charge is 2.16. The summed E-state index contributed by atoms with van der Waals surface area (Å²) < 4.78 is 11.1. The van der Waals surface area contributed by atoms with E-state index < -0.39 is 6.10 Å². The number of anilines is 1. The number of H-pyrrole nitrogens is 1. The Morgan fingerprint density at radius 1 is 1.08 bits per heavy atom. The lowest BCUT2D eigenvalue weighted by Crippen LogP contribution is -2.18. The zero-order valence-electron chi connectivity index (χ0n) is 20.5. The molecule has 9 nitrogen and oxygen atoms in total. The van der Waals surface area contributed by atoms with Crippen molar-refractivity contribution in [1.82, 2.24) is 20.6 Å². The van der Waals surface area contributed by atoms with Gasteiger partial charge in [-0.3, -0.25) is 9.59 Å². The average Bonchev–Trinajstić information content (AvgIpc) is 3.47. The number of aromatic amines is 1. The standard InChI is InChI=1S/C27H27N5O4S/c1-3-4-7-21(17-33)36-19-12-10-18(11-13-19)27(34)28-23-8-5-6-9-24(23)37-25-16-20(35-2)14-15-22(25)26-29-31-32-30-26/h5-6,8-17,21H,3-4,7H2,1-2H3,(H,28,34)(H,29,30,31,32). The molecule has 2 N–H and O–H groups in total. The first-order valence-electron chi connectivity index (χ1n) is 11.8. The Morgan fingerprint density at radius 3 is 2.57 bits per heavy atom. The van der Waals surface area contributed by atoms with Crippen LogP contribution in [0, 0.1) is 0 Å². The van der Waals surface area contributed by atoms with Crippen LogP contribution in [0.1, 0.15) is 36.5 Å². The number of rotatable bonds is 12. The van der Waals surface area contributed by atoms with E-state index in [-0.39, 0.29) is 5.91 Å². The fourth-order valence-electron chi connectivity index (χ4n) is 3.57. The maximum absolute atomic E-state index is 13.0. The van der Waals surface area contributed by atoms with Crippen LogP contribution in [0.5, 0.6) is 11.5 Å². The molecule has 4 rings (SSSR count). The highest BCUT2D eigenvalue weighted by atomic mass is 32.2. The summed E-state index contributed by atoms with van der Waals surface area (Å²) >= 11 is 1.45. The highest BCUT2D eigenvalue weighted by molar-refractivity contribution is 7.99. The Kier molecular flexibility index (Phi) is 8.88. The number of nitrogens with one attached hydrogen (secondary N) is 2. The van der Waals surface area contributed by atoms with Crippen molar-refractivity contribution in [2.75, 3.05) is 12.4 Å². The number of aromatic nitrogens is 4. The van der Waals surface area contributed by atoms with Crippen molar-refractivity contribution in [3.05, 3.63) is 72.3 Å². The third-order valence-corrected chi connectivity index (χ3v) is 6.66. The van der Waals surface area contributed by atoms with Crippen molar-refractivity contribution in [1.29, 1.82) is 0 Å². The molecule has 0 saturated carbocycles. The maximum atomic E-state index is 13.0. The molecule has 0 aliphatic carbocycles. The van der Waals surface area contributed by atoms with Crippen LogP contribution in [-0.4, -0.2) is 46.0 Å². The van der Waals surface area contributed by atoms with Gasteiger partial charge in [0.25, 0.3) is 5.91 Å². The molecule has 37 heavy (non-hydrogen) atoms. The second-order valence-electron chi connectivity index (χ2n) is 8.11. The number of ether oxygens (including phenoxy) is 2. The van der Waals surface area contributed by atoms with E-state index in [1.165, 1.54) is 11.8 Å². The minimum absolute atomic E-state index is 0.262. The van der Waals surface area contributed by atoms with Crippen LogP contribution in [0.2, 0.25) is 0 Å². The summed E-state index contributed by atoms with van der Waals surface area (Å²) in [4.78, 5) is 26.0. The van der Waals surface area contributed by atoms with Crippen LogP contribution < -0.4 is 14.8 Å². The Bertz CT molecular complexity index is 1330. The largest absolute Gasteiger partial charge is 0.497 e. The SMILES string of the molecule is CCCCC(C=O)Oc1ccc(C(=O)Nc2ccccc2Sc2cc(OC)ccc2-c2nn[nH]n2)cc1. The van der Waals surface area contributed by atoms with Crippen LogP contribution in [0.3, 0.4) is 0 Å². The van der Waals surface area contributed by atoms with Gasteiger partial charge >= 0.3 is 0 Å². The topological polar surface area (TPSA) is 119 Å². The summed E-state index contributed by atoms with van der Waals surface area (Å²) in [7, 11) is 1.60. The van der Waals surface area contributed by atoms with Crippen molar-refractivity contribution in [2.24, 2.45) is 0 Å². The van der Waals surface area contributed by atoms with Crippen molar-refractivity contribution >= 4 is 29.6 Å². The van der Waals surface area contributed by atoms with Gasteiger partial charge in [-0.15, -0.1) is 10.2 Å². The summed E-state index contributed by atoms with van der Waals surface area (Å²) in [6.45, 7) is 2.06. The van der Waals surface area contributed by atoms with E-state index in [9.17, 15) is 9.59 Å². The number of hydrogen-bond donors (Lipinski definition) is 2. The minimum Gasteiger partial charge on any atom is -0.497 e. The third kappa shape index (κ3) is 6.73. The lowest BCUT2D eigenvalue weighted by atomic mass is 10.1. The van der Waals surface area contributed by atoms with Crippen LogP contribution in [0.25, 0.3) is 11.4 Å².